The average Bonchev–Trinajstić information content (AvgIpc) is 2.82. The molecule has 2 aliphatic rings. The zero-order chi connectivity index (χ0) is 22.5. The summed E-state index contributed by atoms with van der Waals surface area (Å²) >= 11 is 0. The number of carboxylic acids is 1. The van der Waals surface area contributed by atoms with Crippen LogP contribution >= 0.6 is 0 Å². The fraction of sp³-hybridized carbons (Fsp3) is 0.519. The van der Waals surface area contributed by atoms with Crippen LogP contribution in [0.2, 0.25) is 0 Å². The Morgan fingerprint density at radius 3 is 2.34 bits per heavy atom. The molecule has 1 saturated carbocycles. The first-order valence-electron chi connectivity index (χ1n) is 12.0. The monoisotopic (exact) mass is 439 g/mol. The van der Waals surface area contributed by atoms with Gasteiger partial charge in [-0.25, -0.2) is 4.39 Å². The number of carbonyl (C=O) groups is 1. The molecule has 2 fully saturated rings. The Morgan fingerprint density at radius 2 is 1.72 bits per heavy atom. The second-order valence-corrected chi connectivity index (χ2v) is 9.36. The van der Waals surface area contributed by atoms with Crippen LogP contribution in [0.25, 0.3) is 11.1 Å². The van der Waals surface area contributed by atoms with Gasteiger partial charge in [0, 0.05) is 17.7 Å². The minimum absolute atomic E-state index is 0.195. The van der Waals surface area contributed by atoms with Crippen LogP contribution in [-0.2, 0) is 11.3 Å². The molecule has 1 heterocycles. The van der Waals surface area contributed by atoms with Crippen molar-refractivity contribution in [1.82, 2.24) is 4.90 Å². The number of hydrogen-bond acceptors (Lipinski definition) is 3. The molecule has 4 rings (SSSR count). The molecule has 0 atom stereocenters. The predicted octanol–water partition coefficient (Wildman–Crippen LogP) is 6.14. The van der Waals surface area contributed by atoms with Crippen molar-refractivity contribution < 1.29 is 19.0 Å². The third-order valence-electron chi connectivity index (χ3n) is 7.25. The van der Waals surface area contributed by atoms with Crippen molar-refractivity contribution in [2.45, 2.75) is 64.5 Å². The maximum absolute atomic E-state index is 15.3. The van der Waals surface area contributed by atoms with E-state index in [-0.39, 0.29) is 17.8 Å². The maximum Gasteiger partial charge on any atom is 0.306 e. The summed E-state index contributed by atoms with van der Waals surface area (Å²) in [5, 5.41) is 9.17. The average molecular weight is 440 g/mol. The lowest BCUT2D eigenvalue weighted by Crippen LogP contribution is -2.36. The van der Waals surface area contributed by atoms with E-state index < -0.39 is 5.97 Å². The molecule has 1 aliphatic carbocycles. The summed E-state index contributed by atoms with van der Waals surface area (Å²) in [4.78, 5) is 13.3. The van der Waals surface area contributed by atoms with Gasteiger partial charge in [0.15, 0.2) is 0 Å². The van der Waals surface area contributed by atoms with Gasteiger partial charge in [-0.15, -0.1) is 0 Å². The van der Waals surface area contributed by atoms with Crippen LogP contribution in [0.15, 0.2) is 42.5 Å². The van der Waals surface area contributed by atoms with E-state index in [1.807, 2.05) is 42.5 Å². The molecule has 0 bridgehead atoms. The molecular weight excluding hydrogens is 405 g/mol. The SMILES string of the molecule is CC[C@H]1CC[C@@H](Oc2ccc(-c3cccc(CN4CCC(C(=O)O)CC4)c3F)cc2)CC1. The van der Waals surface area contributed by atoms with Crippen LogP contribution in [0, 0.1) is 17.7 Å². The number of likely N-dealkylation sites (tertiary alicyclic amines) is 1. The molecule has 0 amide bonds. The molecule has 172 valence electrons. The van der Waals surface area contributed by atoms with Gasteiger partial charge in [-0.2, -0.15) is 0 Å². The molecule has 0 unspecified atom stereocenters. The molecule has 0 spiro atoms. The van der Waals surface area contributed by atoms with Crippen molar-refractivity contribution in [2.75, 3.05) is 13.1 Å². The predicted molar refractivity (Wildman–Crippen MR) is 124 cm³/mol. The number of benzene rings is 2. The molecule has 1 aliphatic heterocycles. The maximum atomic E-state index is 15.3. The molecule has 4 nitrogen and oxygen atoms in total. The second-order valence-electron chi connectivity index (χ2n) is 9.36. The van der Waals surface area contributed by atoms with Gasteiger partial charge in [-0.1, -0.05) is 43.7 Å². The first-order chi connectivity index (χ1) is 15.5. The largest absolute Gasteiger partial charge is 0.490 e. The van der Waals surface area contributed by atoms with Crippen LogP contribution < -0.4 is 4.74 Å². The normalized spacial score (nSPS) is 22.6. The van der Waals surface area contributed by atoms with Crippen molar-refractivity contribution in [3.63, 3.8) is 0 Å². The van der Waals surface area contributed by atoms with Gasteiger partial charge in [-0.3, -0.25) is 9.69 Å². The van der Waals surface area contributed by atoms with Gasteiger partial charge in [0.25, 0.3) is 0 Å². The zero-order valence-electron chi connectivity index (χ0n) is 18.9. The lowest BCUT2D eigenvalue weighted by atomic mass is 9.86. The quantitative estimate of drug-likeness (QED) is 0.563. The summed E-state index contributed by atoms with van der Waals surface area (Å²) in [6.45, 7) is 4.15. The summed E-state index contributed by atoms with van der Waals surface area (Å²) in [6, 6.07) is 13.3. The van der Waals surface area contributed by atoms with Crippen LogP contribution in [0.1, 0.15) is 57.4 Å². The van der Waals surface area contributed by atoms with E-state index in [0.29, 0.717) is 43.6 Å². The Kier molecular flexibility index (Phi) is 7.46. The zero-order valence-corrected chi connectivity index (χ0v) is 18.9. The molecule has 5 heteroatoms. The van der Waals surface area contributed by atoms with Crippen molar-refractivity contribution in [3.05, 3.63) is 53.8 Å². The number of halogens is 1. The van der Waals surface area contributed by atoms with Crippen LogP contribution in [0.5, 0.6) is 5.75 Å². The Balaban J connectivity index is 1.38. The third kappa shape index (κ3) is 5.50. The first-order valence-corrected chi connectivity index (χ1v) is 12.0. The highest BCUT2D eigenvalue weighted by molar-refractivity contribution is 5.70. The number of nitrogens with zero attached hydrogens (tertiary/aromatic N) is 1. The number of rotatable bonds is 7. The Morgan fingerprint density at radius 1 is 1.03 bits per heavy atom. The highest BCUT2D eigenvalue weighted by atomic mass is 19.1. The summed E-state index contributed by atoms with van der Waals surface area (Å²) in [5.41, 5.74) is 2.10. The van der Waals surface area contributed by atoms with E-state index in [1.165, 1.54) is 19.3 Å². The van der Waals surface area contributed by atoms with Crippen LogP contribution in [0.3, 0.4) is 0 Å². The number of piperidine rings is 1. The van der Waals surface area contributed by atoms with E-state index in [2.05, 4.69) is 11.8 Å². The molecule has 32 heavy (non-hydrogen) atoms. The highest BCUT2D eigenvalue weighted by Gasteiger charge is 2.25. The van der Waals surface area contributed by atoms with E-state index in [4.69, 9.17) is 9.84 Å². The third-order valence-corrected chi connectivity index (χ3v) is 7.25. The number of aliphatic carboxylic acids is 1. The molecule has 0 radical (unpaired) electrons. The van der Waals surface area contributed by atoms with E-state index in [0.717, 1.165) is 30.1 Å². The van der Waals surface area contributed by atoms with Gasteiger partial charge < -0.3 is 9.84 Å². The van der Waals surface area contributed by atoms with Crippen molar-refractivity contribution in [2.24, 2.45) is 11.8 Å². The standard InChI is InChI=1S/C27H34FNO3/c1-2-19-6-10-23(11-7-19)32-24-12-8-20(9-13-24)25-5-3-4-22(26(25)28)18-29-16-14-21(15-17-29)27(30)31/h3-5,8-9,12-13,19,21,23H,2,6-7,10-11,14-18H2,1H3,(H,30,31)/t19-,23+. The Labute approximate surface area is 190 Å². The lowest BCUT2D eigenvalue weighted by Gasteiger charge is -2.30. The van der Waals surface area contributed by atoms with Crippen LogP contribution in [-0.4, -0.2) is 35.2 Å². The number of ether oxygens (including phenoxy) is 1. The number of hydrogen-bond donors (Lipinski definition) is 1. The van der Waals surface area contributed by atoms with Crippen molar-refractivity contribution in [1.29, 1.82) is 0 Å². The summed E-state index contributed by atoms with van der Waals surface area (Å²) in [6.07, 6.45) is 7.50. The minimum atomic E-state index is -0.723. The molecule has 2 aromatic carbocycles. The fourth-order valence-corrected chi connectivity index (χ4v) is 5.07. The van der Waals surface area contributed by atoms with Crippen LogP contribution in [0.4, 0.5) is 4.39 Å². The van der Waals surface area contributed by atoms with Gasteiger partial charge in [0.2, 0.25) is 0 Å². The summed E-state index contributed by atoms with van der Waals surface area (Å²) < 4.78 is 21.5. The first kappa shape index (κ1) is 22.8. The summed E-state index contributed by atoms with van der Waals surface area (Å²) in [5.74, 6) is 0.505. The Hall–Kier alpha value is -2.40. The number of carboxylic acid groups (broad SMARTS) is 1. The molecular formula is C27H34FNO3. The Bertz CT molecular complexity index is 898. The van der Waals surface area contributed by atoms with Gasteiger partial charge in [0.05, 0.1) is 12.0 Å². The second kappa shape index (κ2) is 10.5. The van der Waals surface area contributed by atoms with Gasteiger partial charge >= 0.3 is 5.97 Å². The van der Waals surface area contributed by atoms with Gasteiger partial charge in [0.1, 0.15) is 11.6 Å². The topological polar surface area (TPSA) is 49.8 Å². The van der Waals surface area contributed by atoms with E-state index in [9.17, 15) is 4.79 Å². The molecule has 1 N–H and O–H groups in total. The van der Waals surface area contributed by atoms with Crippen molar-refractivity contribution >= 4 is 5.97 Å². The van der Waals surface area contributed by atoms with E-state index >= 15 is 4.39 Å². The summed E-state index contributed by atoms with van der Waals surface area (Å²) in [7, 11) is 0. The highest BCUT2D eigenvalue weighted by Crippen LogP contribution is 2.31. The molecule has 0 aromatic heterocycles. The smallest absolute Gasteiger partial charge is 0.306 e. The lowest BCUT2D eigenvalue weighted by molar-refractivity contribution is -0.143. The fourth-order valence-electron chi connectivity index (χ4n) is 5.07. The molecule has 1 saturated heterocycles. The minimum Gasteiger partial charge on any atom is -0.490 e. The van der Waals surface area contributed by atoms with Crippen molar-refractivity contribution in [3.8, 4) is 16.9 Å². The van der Waals surface area contributed by atoms with Gasteiger partial charge in [-0.05, 0) is 75.2 Å². The molecule has 2 aromatic rings. The van der Waals surface area contributed by atoms with E-state index in [1.54, 1.807) is 0 Å².